The molecule has 0 fully saturated rings. The number of nitrogens with one attached hydrogen (secondary N) is 2. The maximum Gasteiger partial charge on any atom is 0.416 e. The molecule has 0 saturated carbocycles. The monoisotopic (exact) mass is 490 g/mol. The maximum absolute atomic E-state index is 12.9. The number of aromatic amines is 1. The molecule has 4 rings (SSSR count). The van der Waals surface area contributed by atoms with Crippen LogP contribution in [-0.4, -0.2) is 27.1 Å². The highest BCUT2D eigenvalue weighted by Gasteiger charge is 2.30. The standard InChI is InChI=1S/C22H14ClF3N4O2S/c1-33-21-27-10-12-8-16(20(32)29-18(12)30-21)15-9-14(5-6-17(15)23)28-19(31)11-3-2-4-13(7-11)22(24,25)26/h2-10H,1H3,(H,28,31)(H,27,29,30,32). The second-order valence-electron chi connectivity index (χ2n) is 6.90. The number of nitrogens with zero attached hydrogens (tertiary/aromatic N) is 2. The largest absolute Gasteiger partial charge is 0.416 e. The number of H-pyrrole nitrogens is 1. The molecule has 11 heteroatoms. The number of anilines is 1. The molecule has 0 saturated heterocycles. The van der Waals surface area contributed by atoms with Gasteiger partial charge in [0.1, 0.15) is 5.65 Å². The van der Waals surface area contributed by atoms with Crippen LogP contribution < -0.4 is 10.9 Å². The average molecular weight is 491 g/mol. The summed E-state index contributed by atoms with van der Waals surface area (Å²) in [6, 6.07) is 10.1. The summed E-state index contributed by atoms with van der Waals surface area (Å²) in [7, 11) is 0. The third kappa shape index (κ3) is 4.86. The van der Waals surface area contributed by atoms with E-state index in [1.165, 1.54) is 36.0 Å². The van der Waals surface area contributed by atoms with Gasteiger partial charge in [-0.15, -0.1) is 0 Å². The minimum absolute atomic E-state index is 0.161. The van der Waals surface area contributed by atoms with Gasteiger partial charge in [0, 0.05) is 39.0 Å². The Balaban J connectivity index is 1.68. The van der Waals surface area contributed by atoms with Gasteiger partial charge >= 0.3 is 6.18 Å². The molecule has 2 heterocycles. The van der Waals surface area contributed by atoms with E-state index in [2.05, 4.69) is 20.3 Å². The number of alkyl halides is 3. The minimum atomic E-state index is -4.57. The van der Waals surface area contributed by atoms with Crippen LogP contribution in [0.15, 0.2) is 64.7 Å². The Kier molecular flexibility index (Phi) is 6.13. The molecule has 0 unspecified atom stereocenters. The van der Waals surface area contributed by atoms with Crippen LogP contribution in [0, 0.1) is 0 Å². The quantitative estimate of drug-likeness (QED) is 0.286. The van der Waals surface area contributed by atoms with Crippen molar-refractivity contribution in [2.45, 2.75) is 11.3 Å². The van der Waals surface area contributed by atoms with Gasteiger partial charge in [-0.1, -0.05) is 29.4 Å². The SMILES string of the molecule is CSc1ncc2cc(-c3cc(NC(=O)c4cccc(C(F)(F)F)c4)ccc3Cl)c(=O)[nH]c2n1. The van der Waals surface area contributed by atoms with Crippen molar-refractivity contribution in [3.8, 4) is 11.1 Å². The van der Waals surface area contributed by atoms with E-state index in [0.29, 0.717) is 21.8 Å². The van der Waals surface area contributed by atoms with Gasteiger partial charge in [0.15, 0.2) is 5.16 Å². The number of thioether (sulfide) groups is 1. The molecule has 2 N–H and O–H groups in total. The summed E-state index contributed by atoms with van der Waals surface area (Å²) < 4.78 is 38.8. The first-order chi connectivity index (χ1) is 15.7. The van der Waals surface area contributed by atoms with Crippen LogP contribution in [0.25, 0.3) is 22.2 Å². The molecule has 2 aromatic carbocycles. The van der Waals surface area contributed by atoms with E-state index in [-0.39, 0.29) is 21.8 Å². The van der Waals surface area contributed by atoms with Crippen LogP contribution in [0.4, 0.5) is 18.9 Å². The lowest BCUT2D eigenvalue weighted by molar-refractivity contribution is -0.137. The zero-order valence-electron chi connectivity index (χ0n) is 16.8. The van der Waals surface area contributed by atoms with Crippen molar-refractivity contribution in [3.63, 3.8) is 0 Å². The molecule has 33 heavy (non-hydrogen) atoms. The fraction of sp³-hybridized carbons (Fsp3) is 0.0909. The lowest BCUT2D eigenvalue weighted by atomic mass is 10.0. The Morgan fingerprint density at radius 1 is 1.12 bits per heavy atom. The number of benzene rings is 2. The normalized spacial score (nSPS) is 11.5. The summed E-state index contributed by atoms with van der Waals surface area (Å²) in [4.78, 5) is 36.4. The Bertz CT molecular complexity index is 1440. The second-order valence-corrected chi connectivity index (χ2v) is 8.08. The number of hydrogen-bond donors (Lipinski definition) is 2. The van der Waals surface area contributed by atoms with Crippen molar-refractivity contribution in [1.82, 2.24) is 15.0 Å². The number of pyridine rings is 1. The summed E-state index contributed by atoms with van der Waals surface area (Å²) in [6.07, 6.45) is -1.19. The number of fused-ring (bicyclic) bond motifs is 1. The molecule has 2 aromatic heterocycles. The van der Waals surface area contributed by atoms with Crippen LogP contribution >= 0.6 is 23.4 Å². The molecule has 1 amide bonds. The van der Waals surface area contributed by atoms with Gasteiger partial charge in [-0.2, -0.15) is 13.2 Å². The topological polar surface area (TPSA) is 87.7 Å². The summed E-state index contributed by atoms with van der Waals surface area (Å²) in [5.74, 6) is -0.736. The Hall–Kier alpha value is -3.37. The molecule has 168 valence electrons. The molecule has 0 aliphatic rings. The van der Waals surface area contributed by atoms with Crippen LogP contribution in [0.1, 0.15) is 15.9 Å². The molecule has 0 aliphatic heterocycles. The average Bonchev–Trinajstić information content (AvgIpc) is 2.79. The van der Waals surface area contributed by atoms with Gasteiger partial charge in [-0.05, 0) is 48.7 Å². The first-order valence-corrected chi connectivity index (χ1v) is 11.0. The van der Waals surface area contributed by atoms with Crippen LogP contribution in [0.2, 0.25) is 5.02 Å². The third-order valence-corrected chi connectivity index (χ3v) is 5.61. The van der Waals surface area contributed by atoms with Crippen LogP contribution in [-0.2, 0) is 6.18 Å². The van der Waals surface area contributed by atoms with Crippen molar-refractivity contribution in [3.05, 3.63) is 81.2 Å². The summed E-state index contributed by atoms with van der Waals surface area (Å²) in [5.41, 5.74) is -0.359. The van der Waals surface area contributed by atoms with Crippen molar-refractivity contribution in [2.24, 2.45) is 0 Å². The van der Waals surface area contributed by atoms with E-state index in [0.717, 1.165) is 18.2 Å². The fourth-order valence-electron chi connectivity index (χ4n) is 3.12. The second kappa shape index (κ2) is 8.87. The Morgan fingerprint density at radius 3 is 2.64 bits per heavy atom. The molecule has 0 atom stereocenters. The minimum Gasteiger partial charge on any atom is -0.322 e. The van der Waals surface area contributed by atoms with Gasteiger partial charge < -0.3 is 10.3 Å². The molecular formula is C22H14ClF3N4O2S. The smallest absolute Gasteiger partial charge is 0.322 e. The van der Waals surface area contributed by atoms with Gasteiger partial charge in [0.05, 0.1) is 5.56 Å². The predicted octanol–water partition coefficient (Wildman–Crippen LogP) is 5.63. The van der Waals surface area contributed by atoms with Gasteiger partial charge in [0.2, 0.25) is 0 Å². The molecule has 0 bridgehead atoms. The molecule has 0 aliphatic carbocycles. The van der Waals surface area contributed by atoms with Crippen LogP contribution in [0.5, 0.6) is 0 Å². The number of halogens is 4. The Labute approximate surface area is 194 Å². The van der Waals surface area contributed by atoms with E-state index in [9.17, 15) is 22.8 Å². The number of rotatable bonds is 4. The lowest BCUT2D eigenvalue weighted by Crippen LogP contribution is -2.14. The highest BCUT2D eigenvalue weighted by molar-refractivity contribution is 7.98. The molecule has 6 nitrogen and oxygen atoms in total. The predicted molar refractivity (Wildman–Crippen MR) is 122 cm³/mol. The first kappa shape index (κ1) is 22.8. The molecule has 0 spiro atoms. The zero-order valence-corrected chi connectivity index (χ0v) is 18.4. The van der Waals surface area contributed by atoms with E-state index in [1.54, 1.807) is 12.3 Å². The maximum atomic E-state index is 12.9. The number of carbonyl (C=O) groups is 1. The van der Waals surface area contributed by atoms with Gasteiger partial charge in [0.25, 0.3) is 11.5 Å². The summed E-state index contributed by atoms with van der Waals surface area (Å²) in [5, 5.41) is 3.87. The fourth-order valence-corrected chi connectivity index (χ4v) is 3.68. The van der Waals surface area contributed by atoms with Crippen LogP contribution in [0.3, 0.4) is 0 Å². The molecule has 0 radical (unpaired) electrons. The van der Waals surface area contributed by atoms with Crippen molar-refractivity contribution < 1.29 is 18.0 Å². The summed E-state index contributed by atoms with van der Waals surface area (Å²) in [6.45, 7) is 0. The zero-order chi connectivity index (χ0) is 23.8. The number of amides is 1. The number of aromatic nitrogens is 3. The third-order valence-electron chi connectivity index (χ3n) is 4.72. The first-order valence-electron chi connectivity index (χ1n) is 9.38. The Morgan fingerprint density at radius 2 is 1.91 bits per heavy atom. The highest BCUT2D eigenvalue weighted by atomic mass is 35.5. The van der Waals surface area contributed by atoms with Gasteiger partial charge in [-0.25, -0.2) is 9.97 Å². The number of hydrogen-bond acceptors (Lipinski definition) is 5. The molecule has 4 aromatic rings. The van der Waals surface area contributed by atoms with E-state index >= 15 is 0 Å². The van der Waals surface area contributed by atoms with Crippen molar-refractivity contribution in [2.75, 3.05) is 11.6 Å². The van der Waals surface area contributed by atoms with E-state index < -0.39 is 23.2 Å². The number of carbonyl (C=O) groups excluding carboxylic acids is 1. The summed E-state index contributed by atoms with van der Waals surface area (Å²) >= 11 is 7.63. The van der Waals surface area contributed by atoms with Gasteiger partial charge in [-0.3, -0.25) is 9.59 Å². The van der Waals surface area contributed by atoms with E-state index in [1.807, 2.05) is 6.26 Å². The molecular weight excluding hydrogens is 477 g/mol. The lowest BCUT2D eigenvalue weighted by Gasteiger charge is -2.11. The van der Waals surface area contributed by atoms with E-state index in [4.69, 9.17) is 11.6 Å². The van der Waals surface area contributed by atoms with Crippen molar-refractivity contribution in [1.29, 1.82) is 0 Å². The highest BCUT2D eigenvalue weighted by Crippen LogP contribution is 2.31. The van der Waals surface area contributed by atoms with Crippen molar-refractivity contribution >= 4 is 46.0 Å².